The van der Waals surface area contributed by atoms with E-state index in [9.17, 15) is 14.0 Å². The smallest absolute Gasteiger partial charge is 0.316 e. The molecule has 3 amide bonds. The topological polar surface area (TPSA) is 87.9 Å². The molecule has 1 aliphatic heterocycles. The van der Waals surface area contributed by atoms with Crippen LogP contribution >= 0.6 is 11.6 Å². The first kappa shape index (κ1) is 24.5. The van der Waals surface area contributed by atoms with Crippen molar-refractivity contribution < 1.29 is 18.7 Å². The van der Waals surface area contributed by atoms with Crippen LogP contribution in [0.15, 0.2) is 42.5 Å². The molecule has 1 atom stereocenters. The summed E-state index contributed by atoms with van der Waals surface area (Å²) in [6, 6.07) is 8.94. The van der Waals surface area contributed by atoms with E-state index >= 15 is 0 Å². The van der Waals surface area contributed by atoms with Crippen LogP contribution in [-0.4, -0.2) is 54.0 Å². The SMILES string of the molecule is CCOc1cc(C=CC(=O)N2CCN(Cc3ccc(F)cc3)C[C@H]2C)c(NC(N)=O)cc1Cl. The van der Waals surface area contributed by atoms with Crippen molar-refractivity contribution in [3.8, 4) is 5.75 Å². The van der Waals surface area contributed by atoms with Gasteiger partial charge in [-0.25, -0.2) is 9.18 Å². The molecule has 0 bridgehead atoms. The number of urea groups is 1. The Morgan fingerprint density at radius 3 is 2.64 bits per heavy atom. The van der Waals surface area contributed by atoms with Gasteiger partial charge in [-0.15, -0.1) is 0 Å². The number of nitrogens with one attached hydrogen (secondary N) is 1. The molecule has 0 aromatic heterocycles. The zero-order valence-corrected chi connectivity index (χ0v) is 19.4. The Hall–Kier alpha value is -3.10. The van der Waals surface area contributed by atoms with Crippen LogP contribution in [0.25, 0.3) is 6.08 Å². The van der Waals surface area contributed by atoms with Crippen molar-refractivity contribution in [1.29, 1.82) is 0 Å². The number of nitrogens with two attached hydrogens (primary N) is 1. The Balaban J connectivity index is 1.68. The second kappa shape index (κ2) is 11.2. The van der Waals surface area contributed by atoms with Gasteiger partial charge in [-0.05, 0) is 49.8 Å². The summed E-state index contributed by atoms with van der Waals surface area (Å²) in [6.07, 6.45) is 3.08. The maximum absolute atomic E-state index is 13.1. The number of piperazine rings is 1. The minimum atomic E-state index is -0.734. The molecule has 0 saturated carbocycles. The van der Waals surface area contributed by atoms with Crippen LogP contribution in [0, 0.1) is 5.82 Å². The fourth-order valence-corrected chi connectivity index (χ4v) is 4.04. The monoisotopic (exact) mass is 474 g/mol. The van der Waals surface area contributed by atoms with Crippen molar-refractivity contribution in [2.75, 3.05) is 31.6 Å². The largest absolute Gasteiger partial charge is 0.492 e. The van der Waals surface area contributed by atoms with E-state index < -0.39 is 6.03 Å². The highest BCUT2D eigenvalue weighted by Crippen LogP contribution is 2.32. The predicted octanol–water partition coefficient (Wildman–Crippen LogP) is 4.11. The number of nitrogens with zero attached hydrogens (tertiary/aromatic N) is 2. The normalized spacial score (nSPS) is 16.7. The average Bonchev–Trinajstić information content (AvgIpc) is 2.76. The van der Waals surface area contributed by atoms with Crippen molar-refractivity contribution >= 4 is 35.3 Å². The van der Waals surface area contributed by atoms with Crippen molar-refractivity contribution in [2.45, 2.75) is 26.4 Å². The number of hydrogen-bond acceptors (Lipinski definition) is 4. The maximum Gasteiger partial charge on any atom is 0.316 e. The van der Waals surface area contributed by atoms with Gasteiger partial charge in [0.2, 0.25) is 5.91 Å². The molecule has 1 saturated heterocycles. The van der Waals surface area contributed by atoms with Gasteiger partial charge in [0.05, 0.1) is 17.3 Å². The molecule has 0 aliphatic carbocycles. The van der Waals surface area contributed by atoms with E-state index in [1.54, 1.807) is 29.2 Å². The molecule has 2 aromatic rings. The molecule has 0 radical (unpaired) electrons. The summed E-state index contributed by atoms with van der Waals surface area (Å²) in [6.45, 7) is 6.95. The van der Waals surface area contributed by atoms with Crippen molar-refractivity contribution in [3.05, 3.63) is 64.4 Å². The summed E-state index contributed by atoms with van der Waals surface area (Å²) in [5.41, 5.74) is 7.23. The number of hydrogen-bond donors (Lipinski definition) is 2. The number of primary amides is 1. The average molecular weight is 475 g/mol. The second-order valence-electron chi connectivity index (χ2n) is 7.87. The number of anilines is 1. The summed E-state index contributed by atoms with van der Waals surface area (Å²) in [4.78, 5) is 28.3. The summed E-state index contributed by atoms with van der Waals surface area (Å²) in [7, 11) is 0. The maximum atomic E-state index is 13.1. The molecular weight excluding hydrogens is 447 g/mol. The number of rotatable bonds is 7. The summed E-state index contributed by atoms with van der Waals surface area (Å²) < 4.78 is 18.6. The van der Waals surface area contributed by atoms with Crippen LogP contribution in [-0.2, 0) is 11.3 Å². The summed E-state index contributed by atoms with van der Waals surface area (Å²) in [5, 5.41) is 2.85. The van der Waals surface area contributed by atoms with E-state index in [1.807, 2.05) is 13.8 Å². The number of carbonyl (C=O) groups excluding carboxylic acids is 2. The Kier molecular flexibility index (Phi) is 8.30. The van der Waals surface area contributed by atoms with E-state index in [4.69, 9.17) is 22.1 Å². The van der Waals surface area contributed by atoms with E-state index in [0.29, 0.717) is 54.8 Å². The molecule has 7 nitrogen and oxygen atoms in total. The molecule has 0 unspecified atom stereocenters. The Bertz CT molecular complexity index is 1030. The van der Waals surface area contributed by atoms with Crippen molar-refractivity contribution in [2.24, 2.45) is 5.73 Å². The minimum absolute atomic E-state index is 0.00349. The first-order valence-electron chi connectivity index (χ1n) is 10.7. The number of benzene rings is 2. The predicted molar refractivity (Wildman–Crippen MR) is 128 cm³/mol. The molecule has 3 rings (SSSR count). The fourth-order valence-electron chi connectivity index (χ4n) is 3.82. The van der Waals surface area contributed by atoms with Crippen LogP contribution < -0.4 is 15.8 Å². The van der Waals surface area contributed by atoms with Gasteiger partial charge in [0.15, 0.2) is 0 Å². The van der Waals surface area contributed by atoms with Gasteiger partial charge >= 0.3 is 6.03 Å². The lowest BCUT2D eigenvalue weighted by Gasteiger charge is -2.39. The van der Waals surface area contributed by atoms with Gasteiger partial charge in [-0.3, -0.25) is 9.69 Å². The fraction of sp³-hybridized carbons (Fsp3) is 0.333. The molecule has 2 aromatic carbocycles. The van der Waals surface area contributed by atoms with E-state index in [2.05, 4.69) is 10.2 Å². The number of halogens is 2. The number of amides is 3. The van der Waals surface area contributed by atoms with Crippen LogP contribution in [0.4, 0.5) is 14.9 Å². The molecule has 9 heteroatoms. The molecule has 1 fully saturated rings. The van der Waals surface area contributed by atoms with Gasteiger partial charge in [0.1, 0.15) is 11.6 Å². The summed E-state index contributed by atoms with van der Waals surface area (Å²) >= 11 is 6.21. The first-order valence-corrected chi connectivity index (χ1v) is 11.1. The van der Waals surface area contributed by atoms with Crippen molar-refractivity contribution in [1.82, 2.24) is 9.80 Å². The van der Waals surface area contributed by atoms with Gasteiger partial charge in [0.25, 0.3) is 0 Å². The lowest BCUT2D eigenvalue weighted by atomic mass is 10.1. The zero-order chi connectivity index (χ0) is 24.0. The van der Waals surface area contributed by atoms with Crippen LogP contribution in [0.2, 0.25) is 5.02 Å². The number of ether oxygens (including phenoxy) is 1. The Morgan fingerprint density at radius 2 is 2.00 bits per heavy atom. The third-order valence-corrected chi connectivity index (χ3v) is 5.68. The van der Waals surface area contributed by atoms with E-state index in [-0.39, 0.29) is 17.8 Å². The molecule has 0 spiro atoms. The summed E-state index contributed by atoms with van der Waals surface area (Å²) in [5.74, 6) is 0.0588. The number of carbonyl (C=O) groups is 2. The van der Waals surface area contributed by atoms with Crippen LogP contribution in [0.3, 0.4) is 0 Å². The van der Waals surface area contributed by atoms with Crippen molar-refractivity contribution in [3.63, 3.8) is 0 Å². The quantitative estimate of drug-likeness (QED) is 0.591. The van der Waals surface area contributed by atoms with Gasteiger partial charge in [-0.2, -0.15) is 0 Å². The highest BCUT2D eigenvalue weighted by atomic mass is 35.5. The van der Waals surface area contributed by atoms with E-state index in [0.717, 1.165) is 5.56 Å². The first-order chi connectivity index (χ1) is 15.8. The Labute approximate surface area is 197 Å². The second-order valence-corrected chi connectivity index (χ2v) is 8.27. The van der Waals surface area contributed by atoms with Crippen LogP contribution in [0.5, 0.6) is 5.75 Å². The van der Waals surface area contributed by atoms with E-state index in [1.165, 1.54) is 24.3 Å². The molecule has 1 aliphatic rings. The molecule has 1 heterocycles. The minimum Gasteiger partial charge on any atom is -0.492 e. The molecule has 176 valence electrons. The third-order valence-electron chi connectivity index (χ3n) is 5.38. The molecular formula is C24H28ClFN4O3. The standard InChI is InChI=1S/C24H28ClFN4O3/c1-3-33-22-12-18(21(13-20(22)25)28-24(27)32)6-9-23(31)30-11-10-29(14-16(30)2)15-17-4-7-19(26)8-5-17/h4-9,12-13,16H,3,10-11,14-15H2,1-2H3,(H3,27,28,32)/t16-/m1/s1. The van der Waals surface area contributed by atoms with Gasteiger partial charge < -0.3 is 20.7 Å². The molecule has 3 N–H and O–H groups in total. The van der Waals surface area contributed by atoms with Gasteiger partial charge in [0, 0.05) is 43.9 Å². The molecule has 33 heavy (non-hydrogen) atoms. The lowest BCUT2D eigenvalue weighted by molar-refractivity contribution is -0.130. The lowest BCUT2D eigenvalue weighted by Crippen LogP contribution is -2.53. The van der Waals surface area contributed by atoms with Gasteiger partial charge in [-0.1, -0.05) is 23.7 Å². The zero-order valence-electron chi connectivity index (χ0n) is 18.7. The highest BCUT2D eigenvalue weighted by Gasteiger charge is 2.26. The third kappa shape index (κ3) is 6.69. The Morgan fingerprint density at radius 1 is 1.27 bits per heavy atom. The van der Waals surface area contributed by atoms with Crippen LogP contribution in [0.1, 0.15) is 25.0 Å². The highest BCUT2D eigenvalue weighted by molar-refractivity contribution is 6.32.